The highest BCUT2D eigenvalue weighted by molar-refractivity contribution is 5.82. The van der Waals surface area contributed by atoms with Gasteiger partial charge in [-0.25, -0.2) is 0 Å². The van der Waals surface area contributed by atoms with Crippen LogP contribution in [0.15, 0.2) is 30.3 Å². The third-order valence-corrected chi connectivity index (χ3v) is 4.90. The maximum absolute atomic E-state index is 11.2. The molecule has 0 aromatic heterocycles. The Kier molecular flexibility index (Phi) is 4.29. The molecule has 0 unspecified atom stereocenters. The second kappa shape index (κ2) is 6.28. The lowest BCUT2D eigenvalue weighted by atomic mass is 9.88. The number of carbonyl (C=O) groups excluding carboxylic acids is 1. The molecule has 1 heterocycles. The molecule has 0 aliphatic carbocycles. The predicted octanol–water partition coefficient (Wildman–Crippen LogP) is 4.32. The van der Waals surface area contributed by atoms with Crippen LogP contribution < -0.4 is 4.74 Å². The van der Waals surface area contributed by atoms with Crippen molar-refractivity contribution in [3.63, 3.8) is 0 Å². The van der Waals surface area contributed by atoms with Gasteiger partial charge < -0.3 is 14.9 Å². The molecule has 4 heteroatoms. The molecule has 2 aromatic carbocycles. The van der Waals surface area contributed by atoms with Gasteiger partial charge in [-0.2, -0.15) is 0 Å². The molecule has 1 aliphatic heterocycles. The lowest BCUT2D eigenvalue weighted by molar-refractivity contribution is 0.112. The molecule has 2 aromatic rings. The normalized spacial score (nSPS) is 18.5. The summed E-state index contributed by atoms with van der Waals surface area (Å²) >= 11 is 0. The van der Waals surface area contributed by atoms with Crippen LogP contribution in [-0.4, -0.2) is 22.1 Å². The molecule has 130 valence electrons. The number of rotatable bonds is 4. The summed E-state index contributed by atoms with van der Waals surface area (Å²) in [6, 6.07) is 6.71. The van der Waals surface area contributed by atoms with Gasteiger partial charge in [0, 0.05) is 5.56 Å². The maximum Gasteiger partial charge on any atom is 0.154 e. The highest BCUT2D eigenvalue weighted by Gasteiger charge is 2.28. The van der Waals surface area contributed by atoms with Crippen LogP contribution in [0.5, 0.6) is 17.2 Å². The van der Waals surface area contributed by atoms with Crippen LogP contribution in [0.2, 0.25) is 0 Å². The largest absolute Gasteiger partial charge is 0.508 e. The van der Waals surface area contributed by atoms with Gasteiger partial charge in [0.05, 0.1) is 5.56 Å². The van der Waals surface area contributed by atoms with E-state index >= 15 is 0 Å². The van der Waals surface area contributed by atoms with E-state index in [-0.39, 0.29) is 11.5 Å². The molecule has 0 saturated heterocycles. The zero-order valence-electron chi connectivity index (χ0n) is 14.7. The lowest BCUT2D eigenvalue weighted by Crippen LogP contribution is -2.32. The number of aryl methyl sites for hydroxylation is 1. The van der Waals surface area contributed by atoms with Crippen LogP contribution in [0.1, 0.15) is 46.0 Å². The monoisotopic (exact) mass is 338 g/mol. The van der Waals surface area contributed by atoms with Crippen LogP contribution >= 0.6 is 0 Å². The fraction of sp³-hybridized carbons (Fsp3) is 0.286. The first-order chi connectivity index (χ1) is 11.8. The minimum absolute atomic E-state index is 0.0301. The Morgan fingerprint density at radius 1 is 1.20 bits per heavy atom. The molecular formula is C21H22O4. The minimum Gasteiger partial charge on any atom is -0.508 e. The lowest BCUT2D eigenvalue weighted by Gasteiger charge is -2.32. The minimum atomic E-state index is -0.470. The highest BCUT2D eigenvalue weighted by Crippen LogP contribution is 2.36. The fourth-order valence-electron chi connectivity index (χ4n) is 3.37. The van der Waals surface area contributed by atoms with Crippen LogP contribution in [0.4, 0.5) is 0 Å². The average Bonchev–Trinajstić information content (AvgIpc) is 2.55. The summed E-state index contributed by atoms with van der Waals surface area (Å²) in [5, 5.41) is 19.5. The Morgan fingerprint density at radius 3 is 2.68 bits per heavy atom. The zero-order valence-corrected chi connectivity index (χ0v) is 14.7. The number of aldehydes is 1. The summed E-state index contributed by atoms with van der Waals surface area (Å²) in [6.07, 6.45) is 6.13. The van der Waals surface area contributed by atoms with E-state index in [0.717, 1.165) is 40.8 Å². The summed E-state index contributed by atoms with van der Waals surface area (Å²) in [7, 11) is 0. The first kappa shape index (κ1) is 17.1. The van der Waals surface area contributed by atoms with Crippen molar-refractivity contribution < 1.29 is 19.7 Å². The summed E-state index contributed by atoms with van der Waals surface area (Å²) < 4.78 is 6.14. The maximum atomic E-state index is 11.2. The van der Waals surface area contributed by atoms with Crippen molar-refractivity contribution in [3.05, 3.63) is 58.2 Å². The third kappa shape index (κ3) is 3.25. The van der Waals surface area contributed by atoms with Crippen molar-refractivity contribution in [2.45, 2.75) is 39.2 Å². The Morgan fingerprint density at radius 2 is 1.96 bits per heavy atom. The van der Waals surface area contributed by atoms with Crippen LogP contribution in [0, 0.1) is 13.8 Å². The number of hydrogen-bond acceptors (Lipinski definition) is 4. The van der Waals surface area contributed by atoms with E-state index in [1.807, 2.05) is 32.9 Å². The summed E-state index contributed by atoms with van der Waals surface area (Å²) in [4.78, 5) is 11.2. The quantitative estimate of drug-likeness (QED) is 0.815. The molecule has 0 saturated carbocycles. The zero-order chi connectivity index (χ0) is 18.2. The summed E-state index contributed by atoms with van der Waals surface area (Å²) in [5.74, 6) is 0.991. The predicted molar refractivity (Wildman–Crippen MR) is 97.5 cm³/mol. The molecule has 0 amide bonds. The molecule has 0 bridgehead atoms. The summed E-state index contributed by atoms with van der Waals surface area (Å²) in [5.41, 5.74) is 3.59. The van der Waals surface area contributed by atoms with E-state index in [0.29, 0.717) is 11.8 Å². The Balaban J connectivity index is 1.83. The van der Waals surface area contributed by atoms with E-state index in [1.165, 1.54) is 0 Å². The summed E-state index contributed by atoms with van der Waals surface area (Å²) in [6.45, 7) is 5.82. The van der Waals surface area contributed by atoms with Gasteiger partial charge in [0.15, 0.2) is 6.29 Å². The molecule has 25 heavy (non-hydrogen) atoms. The number of phenols is 2. The number of ether oxygens (including phenoxy) is 1. The Labute approximate surface area is 147 Å². The number of aromatic hydroxyl groups is 2. The number of phenolic OH excluding ortho intramolecular Hbond substituents is 2. The van der Waals surface area contributed by atoms with E-state index in [1.54, 1.807) is 24.3 Å². The Hall–Kier alpha value is -2.75. The van der Waals surface area contributed by atoms with Gasteiger partial charge in [-0.3, -0.25) is 4.79 Å². The van der Waals surface area contributed by atoms with E-state index in [2.05, 4.69) is 0 Å². The first-order valence-electron chi connectivity index (χ1n) is 8.31. The highest BCUT2D eigenvalue weighted by atomic mass is 16.5. The molecule has 1 atom stereocenters. The first-order valence-corrected chi connectivity index (χ1v) is 8.31. The molecule has 0 fully saturated rings. The molecule has 1 aliphatic rings. The number of hydrogen-bond donors (Lipinski definition) is 2. The van der Waals surface area contributed by atoms with Gasteiger partial charge in [-0.15, -0.1) is 0 Å². The second-order valence-electron chi connectivity index (χ2n) is 6.82. The molecule has 0 radical (unpaired) electrons. The van der Waals surface area contributed by atoms with Crippen molar-refractivity contribution in [1.29, 1.82) is 0 Å². The van der Waals surface area contributed by atoms with Crippen molar-refractivity contribution in [2.75, 3.05) is 0 Å². The van der Waals surface area contributed by atoms with Gasteiger partial charge >= 0.3 is 0 Å². The van der Waals surface area contributed by atoms with Gasteiger partial charge in [-0.1, -0.05) is 6.08 Å². The van der Waals surface area contributed by atoms with Crippen LogP contribution in [0.25, 0.3) is 6.08 Å². The number of benzene rings is 2. The van der Waals surface area contributed by atoms with Gasteiger partial charge in [0.1, 0.15) is 22.8 Å². The SMILES string of the molecule is Cc1cc(O)c(C=O)c(C)c1CC[C@]1(C)C=Cc2cc(O)ccc2O1. The van der Waals surface area contributed by atoms with Crippen molar-refractivity contribution >= 4 is 12.4 Å². The van der Waals surface area contributed by atoms with E-state index in [9.17, 15) is 15.0 Å². The standard InChI is InChI=1S/C21H22O4/c1-13-10-19(24)18(12-22)14(2)17(13)7-9-21(3)8-6-15-11-16(23)4-5-20(15)25-21/h4-6,8,10-12,23-24H,7,9H2,1-3H3/t21-/m0/s1. The van der Waals surface area contributed by atoms with Gasteiger partial charge in [-0.05, 0) is 80.6 Å². The smallest absolute Gasteiger partial charge is 0.154 e. The van der Waals surface area contributed by atoms with Crippen LogP contribution in [-0.2, 0) is 6.42 Å². The molecule has 3 rings (SSSR count). The van der Waals surface area contributed by atoms with Crippen LogP contribution in [0.3, 0.4) is 0 Å². The molecule has 4 nitrogen and oxygen atoms in total. The van der Waals surface area contributed by atoms with Gasteiger partial charge in [0.25, 0.3) is 0 Å². The molecular weight excluding hydrogens is 316 g/mol. The van der Waals surface area contributed by atoms with Crippen molar-refractivity contribution in [1.82, 2.24) is 0 Å². The fourth-order valence-corrected chi connectivity index (χ4v) is 3.37. The van der Waals surface area contributed by atoms with Crippen molar-refractivity contribution in [3.8, 4) is 17.2 Å². The molecule has 0 spiro atoms. The van der Waals surface area contributed by atoms with Crippen molar-refractivity contribution in [2.24, 2.45) is 0 Å². The topological polar surface area (TPSA) is 66.8 Å². The second-order valence-corrected chi connectivity index (χ2v) is 6.82. The average molecular weight is 338 g/mol. The van der Waals surface area contributed by atoms with Gasteiger partial charge in [0.2, 0.25) is 0 Å². The molecule has 2 N–H and O–H groups in total. The van der Waals surface area contributed by atoms with E-state index < -0.39 is 5.60 Å². The third-order valence-electron chi connectivity index (χ3n) is 4.90. The number of fused-ring (bicyclic) bond motifs is 1. The number of carbonyl (C=O) groups is 1. The van der Waals surface area contributed by atoms with E-state index in [4.69, 9.17) is 4.74 Å². The Bertz CT molecular complexity index is 867.